The number of aryl methyl sites for hydroxylation is 1. The zero-order valence-electron chi connectivity index (χ0n) is 24.2. The van der Waals surface area contributed by atoms with Crippen LogP contribution in [0.4, 0.5) is 21.2 Å². The average Bonchev–Trinajstić information content (AvgIpc) is 3.45. The maximum Gasteiger partial charge on any atom is 0.326 e. The second kappa shape index (κ2) is 13.2. The van der Waals surface area contributed by atoms with Crippen molar-refractivity contribution in [3.63, 3.8) is 0 Å². The van der Waals surface area contributed by atoms with Crippen molar-refractivity contribution >= 4 is 63.2 Å². The summed E-state index contributed by atoms with van der Waals surface area (Å²) in [5.41, 5.74) is 4.93. The Balaban J connectivity index is 1.16. The van der Waals surface area contributed by atoms with E-state index in [0.717, 1.165) is 32.2 Å². The zero-order valence-corrected chi connectivity index (χ0v) is 26.6. The van der Waals surface area contributed by atoms with Crippen LogP contribution in [0.1, 0.15) is 24.5 Å². The number of urea groups is 1. The maximum absolute atomic E-state index is 13.7. The van der Waals surface area contributed by atoms with E-state index in [-0.39, 0.29) is 28.5 Å². The van der Waals surface area contributed by atoms with Gasteiger partial charge in [0.1, 0.15) is 11.1 Å². The summed E-state index contributed by atoms with van der Waals surface area (Å²) in [7, 11) is 0. The number of hydrogen-bond acceptors (Lipinski definition) is 6. The molecule has 3 atom stereocenters. The minimum absolute atomic E-state index is 0.0901. The molecule has 0 radical (unpaired) electrons. The number of thioether (sulfide) groups is 2. The van der Waals surface area contributed by atoms with Gasteiger partial charge < -0.3 is 10.6 Å². The Kier molecular flexibility index (Phi) is 8.94. The first-order valence-electron chi connectivity index (χ1n) is 14.3. The van der Waals surface area contributed by atoms with Crippen LogP contribution in [-0.2, 0) is 4.79 Å². The van der Waals surface area contributed by atoms with Crippen molar-refractivity contribution < 1.29 is 9.59 Å². The van der Waals surface area contributed by atoms with E-state index in [1.807, 2.05) is 103 Å². The summed E-state index contributed by atoms with van der Waals surface area (Å²) in [5.74, 6) is -0.161. The van der Waals surface area contributed by atoms with Crippen molar-refractivity contribution in [3.05, 3.63) is 114 Å². The molecule has 0 spiro atoms. The molecule has 2 aliphatic rings. The minimum atomic E-state index is -0.386. The third kappa shape index (κ3) is 6.20. The normalized spacial score (nSPS) is 17.2. The highest BCUT2D eigenvalue weighted by Gasteiger charge is 2.36. The van der Waals surface area contributed by atoms with Gasteiger partial charge in [-0.25, -0.2) is 4.79 Å². The first-order valence-corrected chi connectivity index (χ1v) is 17.0. The van der Waals surface area contributed by atoms with Crippen LogP contribution < -0.4 is 15.5 Å². The van der Waals surface area contributed by atoms with Gasteiger partial charge in [-0.3, -0.25) is 9.69 Å². The summed E-state index contributed by atoms with van der Waals surface area (Å²) in [6, 6.07) is 25.6. The van der Waals surface area contributed by atoms with Gasteiger partial charge >= 0.3 is 6.03 Å². The van der Waals surface area contributed by atoms with E-state index >= 15 is 0 Å². The predicted molar refractivity (Wildman–Crippen MR) is 184 cm³/mol. The number of nitrogens with zero attached hydrogens (tertiary/aromatic N) is 2. The molecule has 0 fully saturated rings. The molecule has 3 unspecified atom stereocenters. The van der Waals surface area contributed by atoms with Crippen LogP contribution in [0.25, 0.3) is 11.1 Å². The maximum atomic E-state index is 13.7. The number of benzene rings is 3. The smallest absolute Gasteiger partial charge is 0.316 e. The van der Waals surface area contributed by atoms with Crippen LogP contribution in [-0.4, -0.2) is 28.5 Å². The molecular weight excluding hydrogens is 605 g/mol. The van der Waals surface area contributed by atoms with E-state index in [9.17, 15) is 14.9 Å². The van der Waals surface area contributed by atoms with E-state index in [4.69, 9.17) is 0 Å². The summed E-state index contributed by atoms with van der Waals surface area (Å²) in [6.45, 7) is 3.99. The third-order valence-electron chi connectivity index (χ3n) is 7.49. The van der Waals surface area contributed by atoms with Crippen molar-refractivity contribution in [2.24, 2.45) is 0 Å². The molecule has 6 rings (SSSR count). The minimum Gasteiger partial charge on any atom is -0.316 e. The van der Waals surface area contributed by atoms with Crippen LogP contribution in [0.2, 0.25) is 0 Å². The Morgan fingerprint density at radius 1 is 1.02 bits per heavy atom. The van der Waals surface area contributed by atoms with E-state index in [1.54, 1.807) is 11.8 Å². The standard InChI is InChI=1S/C35H30N4O2S3/c1-3-30(33(40)38-34-26(20-36)27(21-42-34)23-17-15-22(2)16-18-23)43-25-10-8-9-24(19-25)37-35(41)39-28-11-4-6-13-31(28)44-32-14-7-5-12-29(32)39/h4-19,21,28,30-31H,3H2,1-2H3,(H,37,41)(H,38,40). The fraction of sp³-hybridized carbons (Fsp3) is 0.171. The van der Waals surface area contributed by atoms with Gasteiger partial charge in [-0.1, -0.05) is 79.3 Å². The number of allylic oxidation sites excluding steroid dienone is 2. The SMILES string of the molecule is CCC(Sc1cccc(NC(=O)N2c3ccccc3SC3C=CC=CC32)c1)C(=O)Nc1scc(-c2ccc(C)cc2)c1C#N. The monoisotopic (exact) mass is 634 g/mol. The number of fused-ring (bicyclic) bond motifs is 2. The summed E-state index contributed by atoms with van der Waals surface area (Å²) >= 11 is 4.57. The molecular formula is C35H30N4O2S3. The average molecular weight is 635 g/mol. The quantitative estimate of drug-likeness (QED) is 0.198. The number of rotatable bonds is 7. The molecule has 0 bridgehead atoms. The Bertz CT molecular complexity index is 1810. The molecule has 9 heteroatoms. The van der Waals surface area contributed by atoms with Crippen LogP contribution in [0.3, 0.4) is 0 Å². The summed E-state index contributed by atoms with van der Waals surface area (Å²) in [4.78, 5) is 30.9. The number of para-hydroxylation sites is 1. The molecule has 4 aromatic rings. The highest BCUT2D eigenvalue weighted by atomic mass is 32.2. The van der Waals surface area contributed by atoms with E-state index in [2.05, 4.69) is 34.9 Å². The van der Waals surface area contributed by atoms with E-state index in [1.165, 1.54) is 23.1 Å². The molecule has 220 valence electrons. The van der Waals surface area contributed by atoms with Gasteiger partial charge in [-0.15, -0.1) is 34.9 Å². The third-order valence-corrected chi connectivity index (χ3v) is 11.1. The van der Waals surface area contributed by atoms with Crippen molar-refractivity contribution in [1.29, 1.82) is 5.26 Å². The largest absolute Gasteiger partial charge is 0.326 e. The van der Waals surface area contributed by atoms with Gasteiger partial charge in [0.25, 0.3) is 0 Å². The van der Waals surface area contributed by atoms with Crippen LogP contribution in [0, 0.1) is 18.3 Å². The number of carbonyl (C=O) groups excluding carboxylic acids is 2. The number of nitrogens with one attached hydrogen (secondary N) is 2. The summed E-state index contributed by atoms with van der Waals surface area (Å²) in [5, 5.41) is 18.2. The van der Waals surface area contributed by atoms with Gasteiger partial charge in [0.2, 0.25) is 5.91 Å². The Morgan fingerprint density at radius 2 is 1.82 bits per heavy atom. The molecule has 0 saturated carbocycles. The van der Waals surface area contributed by atoms with Crippen molar-refractivity contribution in [2.75, 3.05) is 15.5 Å². The van der Waals surface area contributed by atoms with Crippen molar-refractivity contribution in [2.45, 2.75) is 46.6 Å². The number of amides is 3. The highest BCUT2D eigenvalue weighted by Crippen LogP contribution is 2.44. The molecule has 3 aromatic carbocycles. The van der Waals surface area contributed by atoms with Crippen LogP contribution >= 0.6 is 34.9 Å². The number of hydrogen-bond donors (Lipinski definition) is 2. The summed E-state index contributed by atoms with van der Waals surface area (Å²) < 4.78 is 0. The number of carbonyl (C=O) groups is 2. The van der Waals surface area contributed by atoms with Gasteiger partial charge in [-0.05, 0) is 49.2 Å². The number of nitriles is 1. The van der Waals surface area contributed by atoms with Crippen molar-refractivity contribution in [1.82, 2.24) is 0 Å². The van der Waals surface area contributed by atoms with Gasteiger partial charge in [-0.2, -0.15) is 5.26 Å². The molecule has 0 saturated heterocycles. The second-order valence-corrected chi connectivity index (χ2v) is 13.8. The molecule has 3 amide bonds. The fourth-order valence-electron chi connectivity index (χ4n) is 5.24. The van der Waals surface area contributed by atoms with Gasteiger partial charge in [0.05, 0.1) is 27.8 Å². The fourth-order valence-corrected chi connectivity index (χ4v) is 8.44. The molecule has 1 aliphatic carbocycles. The highest BCUT2D eigenvalue weighted by molar-refractivity contribution is 8.00. The second-order valence-electron chi connectivity index (χ2n) is 10.5. The predicted octanol–water partition coefficient (Wildman–Crippen LogP) is 9.11. The molecule has 6 nitrogen and oxygen atoms in total. The lowest BCUT2D eigenvalue weighted by Gasteiger charge is -2.40. The van der Waals surface area contributed by atoms with Gasteiger partial charge in [0.15, 0.2) is 0 Å². The lowest BCUT2D eigenvalue weighted by molar-refractivity contribution is -0.115. The van der Waals surface area contributed by atoms with Gasteiger partial charge in [0, 0.05) is 26.4 Å². The van der Waals surface area contributed by atoms with Crippen molar-refractivity contribution in [3.8, 4) is 17.2 Å². The van der Waals surface area contributed by atoms with Crippen LogP contribution in [0.5, 0.6) is 0 Å². The molecule has 2 heterocycles. The lowest BCUT2D eigenvalue weighted by Crippen LogP contribution is -2.49. The van der Waals surface area contributed by atoms with Crippen LogP contribution in [0.15, 0.2) is 112 Å². The molecule has 1 aromatic heterocycles. The lowest BCUT2D eigenvalue weighted by atomic mass is 10.0. The molecule has 44 heavy (non-hydrogen) atoms. The number of thiophene rings is 1. The van der Waals surface area contributed by atoms with E-state index < -0.39 is 0 Å². The number of anilines is 3. The Hall–Kier alpha value is -4.23. The Labute approximate surface area is 269 Å². The molecule has 1 aliphatic heterocycles. The first kappa shape index (κ1) is 29.8. The first-order chi connectivity index (χ1) is 21.4. The zero-order chi connectivity index (χ0) is 30.6. The topological polar surface area (TPSA) is 85.2 Å². The Morgan fingerprint density at radius 3 is 2.61 bits per heavy atom. The summed E-state index contributed by atoms with van der Waals surface area (Å²) in [6.07, 6.45) is 8.82. The van der Waals surface area contributed by atoms with E-state index in [0.29, 0.717) is 22.7 Å². The molecule has 2 N–H and O–H groups in total.